The number of rotatable bonds is 10. The number of carbonyl (C=O) groups excluding carboxylic acids is 3. The Morgan fingerprint density at radius 3 is 1.77 bits per heavy atom. The van der Waals surface area contributed by atoms with Crippen LogP contribution in [0.5, 0.6) is 11.5 Å². The first-order valence-electron chi connectivity index (χ1n) is 19.6. The van der Waals surface area contributed by atoms with Gasteiger partial charge in [0.2, 0.25) is 0 Å². The number of phenols is 1. The van der Waals surface area contributed by atoms with Gasteiger partial charge < -0.3 is 29.0 Å². The standard InChI is InChI=1S/C28H35N3O4.C17H14N2O2/c1-28(2,3)35-27(33)29-17-6-4-5-7-19-34-21-15-13-20(14-16-21)26-30-23-11-8-10-22-24(32)12-9-18-31(26)25(22)23;20-12-8-6-11(7-9-12)17-18-14-4-1-3-13-15(21)5-2-10-19(17)16(13)14/h8,10-11,13-16H,4-7,9,12,17-19H2,1-3H3,(H,29,33);1,3-4,6-9,20H,2,5,10H2. The summed E-state index contributed by atoms with van der Waals surface area (Å²) in [5.41, 5.74) is 6.65. The van der Waals surface area contributed by atoms with E-state index in [0.29, 0.717) is 26.0 Å². The van der Waals surface area contributed by atoms with Crippen molar-refractivity contribution in [1.82, 2.24) is 24.4 Å². The second-order valence-electron chi connectivity index (χ2n) is 15.3. The van der Waals surface area contributed by atoms with Gasteiger partial charge in [-0.05, 0) is 119 Å². The van der Waals surface area contributed by atoms with Crippen molar-refractivity contribution in [2.75, 3.05) is 13.2 Å². The minimum atomic E-state index is -0.466. The summed E-state index contributed by atoms with van der Waals surface area (Å²) in [5, 5.41) is 12.2. The average molecular weight is 756 g/mol. The Morgan fingerprint density at radius 2 is 1.23 bits per heavy atom. The largest absolute Gasteiger partial charge is 0.508 e. The van der Waals surface area contributed by atoms with Gasteiger partial charge in [-0.3, -0.25) is 9.59 Å². The molecule has 0 bridgehead atoms. The zero-order valence-electron chi connectivity index (χ0n) is 32.3. The highest BCUT2D eigenvalue weighted by Crippen LogP contribution is 2.33. The Morgan fingerprint density at radius 1 is 0.714 bits per heavy atom. The molecule has 0 fully saturated rings. The number of ketones is 2. The Balaban J connectivity index is 0.000000193. The first-order chi connectivity index (χ1) is 27.1. The smallest absolute Gasteiger partial charge is 0.407 e. The van der Waals surface area contributed by atoms with Gasteiger partial charge in [-0.1, -0.05) is 25.0 Å². The number of unbranched alkanes of at least 4 members (excludes halogenated alkanes) is 3. The molecule has 4 aromatic carbocycles. The third-order valence-electron chi connectivity index (χ3n) is 9.95. The molecule has 290 valence electrons. The van der Waals surface area contributed by atoms with Crippen LogP contribution in [0.2, 0.25) is 0 Å². The number of nitrogens with one attached hydrogen (secondary N) is 1. The van der Waals surface area contributed by atoms with Crippen LogP contribution in [0.15, 0.2) is 84.9 Å². The summed E-state index contributed by atoms with van der Waals surface area (Å²) < 4.78 is 15.5. The molecule has 0 spiro atoms. The fraction of sp³-hybridized carbons (Fsp3) is 0.356. The Labute approximate surface area is 326 Å². The highest BCUT2D eigenvalue weighted by atomic mass is 16.6. The van der Waals surface area contributed by atoms with E-state index < -0.39 is 5.60 Å². The maximum atomic E-state index is 12.5. The summed E-state index contributed by atoms with van der Waals surface area (Å²) in [6.07, 6.45) is 6.39. The lowest BCUT2D eigenvalue weighted by Crippen LogP contribution is -2.32. The van der Waals surface area contributed by atoms with Crippen LogP contribution in [0.25, 0.3) is 44.8 Å². The lowest BCUT2D eigenvalue weighted by molar-refractivity contribution is 0.0526. The molecule has 0 saturated carbocycles. The second kappa shape index (κ2) is 16.8. The number of ether oxygens (including phenoxy) is 2. The monoisotopic (exact) mass is 755 g/mol. The van der Waals surface area contributed by atoms with Gasteiger partial charge in [0.1, 0.15) is 28.7 Å². The first kappa shape index (κ1) is 38.3. The van der Waals surface area contributed by atoms with Crippen molar-refractivity contribution in [1.29, 1.82) is 0 Å². The number of alkyl carbamates (subject to hydrolysis) is 1. The molecule has 0 atom stereocenters. The molecule has 0 saturated heterocycles. The first-order valence-corrected chi connectivity index (χ1v) is 19.6. The molecule has 6 aromatic rings. The van der Waals surface area contributed by atoms with Crippen LogP contribution in [-0.2, 0) is 17.8 Å². The predicted molar refractivity (Wildman–Crippen MR) is 217 cm³/mol. The molecule has 11 nitrogen and oxygen atoms in total. The van der Waals surface area contributed by atoms with Crippen molar-refractivity contribution < 1.29 is 29.0 Å². The van der Waals surface area contributed by atoms with E-state index in [1.54, 1.807) is 12.1 Å². The fourth-order valence-corrected chi connectivity index (χ4v) is 7.35. The molecule has 2 aromatic heterocycles. The van der Waals surface area contributed by atoms with E-state index in [1.807, 2.05) is 93.6 Å². The Kier molecular flexibility index (Phi) is 11.5. The number of benzene rings is 4. The summed E-state index contributed by atoms with van der Waals surface area (Å²) in [7, 11) is 0. The molecule has 8 rings (SSSR count). The third kappa shape index (κ3) is 8.77. The van der Waals surface area contributed by atoms with Crippen molar-refractivity contribution >= 4 is 39.7 Å². The lowest BCUT2D eigenvalue weighted by Gasteiger charge is -2.19. The number of phenolic OH excluding ortho intramolecular Hbond substituents is 1. The highest BCUT2D eigenvalue weighted by molar-refractivity contribution is 6.08. The van der Waals surface area contributed by atoms with E-state index in [-0.39, 0.29) is 23.4 Å². The molecule has 56 heavy (non-hydrogen) atoms. The summed E-state index contributed by atoms with van der Waals surface area (Å²) in [5.74, 6) is 3.21. The molecule has 2 aliphatic rings. The summed E-state index contributed by atoms with van der Waals surface area (Å²) in [4.78, 5) is 45.8. The molecule has 11 heteroatoms. The molecule has 0 aliphatic carbocycles. The fourth-order valence-electron chi connectivity index (χ4n) is 7.35. The number of imidazole rings is 2. The summed E-state index contributed by atoms with van der Waals surface area (Å²) >= 11 is 0. The van der Waals surface area contributed by atoms with Crippen molar-refractivity contribution in [3.8, 4) is 34.3 Å². The lowest BCUT2D eigenvalue weighted by atomic mass is 10.1. The van der Waals surface area contributed by atoms with Crippen molar-refractivity contribution in [3.05, 3.63) is 96.1 Å². The van der Waals surface area contributed by atoms with Gasteiger partial charge in [-0.25, -0.2) is 14.8 Å². The summed E-state index contributed by atoms with van der Waals surface area (Å²) in [6.45, 7) is 8.43. The number of carbonyl (C=O) groups is 3. The van der Waals surface area contributed by atoms with Gasteiger partial charge in [0.25, 0.3) is 0 Å². The molecular weight excluding hydrogens is 707 g/mol. The van der Waals surface area contributed by atoms with Gasteiger partial charge in [0, 0.05) is 54.7 Å². The van der Waals surface area contributed by atoms with Gasteiger partial charge in [-0.15, -0.1) is 0 Å². The van der Waals surface area contributed by atoms with E-state index >= 15 is 0 Å². The van der Waals surface area contributed by atoms with Gasteiger partial charge in [0.05, 0.1) is 28.7 Å². The number of aromatic hydroxyl groups is 1. The van der Waals surface area contributed by atoms with Crippen LogP contribution in [0.1, 0.15) is 92.9 Å². The van der Waals surface area contributed by atoms with E-state index in [9.17, 15) is 19.5 Å². The third-order valence-corrected chi connectivity index (χ3v) is 9.95. The summed E-state index contributed by atoms with van der Waals surface area (Å²) in [6, 6.07) is 26.6. The van der Waals surface area contributed by atoms with Crippen LogP contribution < -0.4 is 10.1 Å². The van der Waals surface area contributed by atoms with Crippen molar-refractivity contribution in [2.45, 2.75) is 90.8 Å². The molecular formula is C45H49N5O6. The average Bonchev–Trinajstić information content (AvgIpc) is 3.62. The molecule has 4 heterocycles. The topological polar surface area (TPSA) is 138 Å². The number of nitrogens with zero attached hydrogens (tertiary/aromatic N) is 4. The highest BCUT2D eigenvalue weighted by Gasteiger charge is 2.23. The maximum Gasteiger partial charge on any atom is 0.407 e. The number of para-hydroxylation sites is 2. The molecule has 2 aliphatic heterocycles. The number of amides is 1. The number of aryl methyl sites for hydroxylation is 2. The van der Waals surface area contributed by atoms with Gasteiger partial charge in [-0.2, -0.15) is 0 Å². The second-order valence-corrected chi connectivity index (χ2v) is 15.3. The number of hydrogen-bond donors (Lipinski definition) is 2. The normalized spacial score (nSPS) is 13.8. The Bertz CT molecular complexity index is 2350. The number of aromatic nitrogens is 4. The zero-order chi connectivity index (χ0) is 39.2. The van der Waals surface area contributed by atoms with E-state index in [4.69, 9.17) is 14.5 Å². The molecule has 0 unspecified atom stereocenters. The molecule has 2 N–H and O–H groups in total. The zero-order valence-corrected chi connectivity index (χ0v) is 32.3. The van der Waals surface area contributed by atoms with Gasteiger partial charge in [0.15, 0.2) is 11.6 Å². The maximum absolute atomic E-state index is 12.5. The number of Topliss-reactive ketones (excluding diaryl/α,β-unsaturated/α-hetero) is 2. The van der Waals surface area contributed by atoms with Crippen LogP contribution in [0.3, 0.4) is 0 Å². The quantitative estimate of drug-likeness (QED) is 0.132. The Hall–Kier alpha value is -5.97. The van der Waals surface area contributed by atoms with E-state index in [0.717, 1.165) is 113 Å². The van der Waals surface area contributed by atoms with Crippen LogP contribution in [0, 0.1) is 0 Å². The van der Waals surface area contributed by atoms with Crippen LogP contribution in [-0.4, -0.2) is 60.6 Å². The molecule has 0 radical (unpaired) electrons. The minimum Gasteiger partial charge on any atom is -0.508 e. The SMILES string of the molecule is CC(C)(C)OC(=O)NCCCCCCOc1ccc(-c2nc3cccc4c3n2CCCC4=O)cc1.O=C1CCCn2c(-c3ccc(O)cc3)nc3cccc1c32. The van der Waals surface area contributed by atoms with Crippen LogP contribution >= 0.6 is 0 Å². The molecule has 1 amide bonds. The number of hydrogen-bond acceptors (Lipinski definition) is 8. The van der Waals surface area contributed by atoms with E-state index in [2.05, 4.69) is 19.4 Å². The van der Waals surface area contributed by atoms with E-state index in [1.165, 1.54) is 0 Å². The van der Waals surface area contributed by atoms with Crippen molar-refractivity contribution in [3.63, 3.8) is 0 Å². The predicted octanol–water partition coefficient (Wildman–Crippen LogP) is 9.53. The minimum absolute atomic E-state index is 0.191. The van der Waals surface area contributed by atoms with Crippen LogP contribution in [0.4, 0.5) is 4.79 Å². The van der Waals surface area contributed by atoms with Gasteiger partial charge >= 0.3 is 6.09 Å². The van der Waals surface area contributed by atoms with Crippen molar-refractivity contribution in [2.24, 2.45) is 0 Å².